The van der Waals surface area contributed by atoms with Crippen molar-refractivity contribution < 1.29 is 0 Å². The normalized spacial score (nSPS) is 27.6. The molecule has 3 nitrogen and oxygen atoms in total. The Kier molecular flexibility index (Phi) is 3.55. The first-order valence-corrected chi connectivity index (χ1v) is 7.93. The first-order chi connectivity index (χ1) is 9.14. The van der Waals surface area contributed by atoms with Crippen LogP contribution >= 0.6 is 0 Å². The maximum Gasteiger partial charge on any atom is 0.203 e. The molecule has 0 aliphatic heterocycles. The fraction of sp³-hybridized carbons (Fsp3) is 0.812. The fourth-order valence-corrected chi connectivity index (χ4v) is 3.82. The molecule has 2 aliphatic carbocycles. The van der Waals surface area contributed by atoms with E-state index in [2.05, 4.69) is 34.9 Å². The molecule has 0 aromatic carbocycles. The number of imidazole rings is 1. The predicted octanol–water partition coefficient (Wildman–Crippen LogP) is 4.38. The molecule has 0 radical (unpaired) electrons. The van der Waals surface area contributed by atoms with E-state index in [0.29, 0.717) is 17.5 Å². The van der Waals surface area contributed by atoms with Crippen molar-refractivity contribution in [3.8, 4) is 0 Å². The Morgan fingerprint density at radius 1 is 1.21 bits per heavy atom. The summed E-state index contributed by atoms with van der Waals surface area (Å²) >= 11 is 0. The fourth-order valence-electron chi connectivity index (χ4n) is 3.82. The lowest BCUT2D eigenvalue weighted by Gasteiger charge is -2.26. The van der Waals surface area contributed by atoms with Crippen LogP contribution in [0.1, 0.15) is 71.3 Å². The summed E-state index contributed by atoms with van der Waals surface area (Å²) in [6.45, 7) is 4.75. The van der Waals surface area contributed by atoms with Crippen LogP contribution in [-0.4, -0.2) is 15.6 Å². The van der Waals surface area contributed by atoms with Gasteiger partial charge in [-0.2, -0.15) is 0 Å². The number of hydrogen-bond donors (Lipinski definition) is 1. The third-order valence-electron chi connectivity index (χ3n) is 4.94. The van der Waals surface area contributed by atoms with Crippen molar-refractivity contribution in [1.82, 2.24) is 9.55 Å². The van der Waals surface area contributed by atoms with Crippen molar-refractivity contribution in [2.45, 2.75) is 77.3 Å². The monoisotopic (exact) mass is 261 g/mol. The van der Waals surface area contributed by atoms with Gasteiger partial charge < -0.3 is 9.88 Å². The summed E-state index contributed by atoms with van der Waals surface area (Å²) in [6.07, 6.45) is 14.8. The van der Waals surface area contributed by atoms with E-state index in [1.165, 1.54) is 51.4 Å². The molecule has 0 spiro atoms. The van der Waals surface area contributed by atoms with Crippen LogP contribution in [0.2, 0.25) is 0 Å². The van der Waals surface area contributed by atoms with Crippen LogP contribution in [0.15, 0.2) is 12.4 Å². The largest absolute Gasteiger partial charge is 0.353 e. The maximum absolute atomic E-state index is 4.55. The zero-order valence-corrected chi connectivity index (χ0v) is 12.4. The Hall–Kier alpha value is -0.990. The SMILES string of the molecule is CC1(C)CCC(Nc2nccn2C2CCCCC2)C1. The predicted molar refractivity (Wildman–Crippen MR) is 79.4 cm³/mol. The van der Waals surface area contributed by atoms with E-state index in [1.54, 1.807) is 0 Å². The average molecular weight is 261 g/mol. The highest BCUT2D eigenvalue weighted by Gasteiger charge is 2.31. The van der Waals surface area contributed by atoms with E-state index in [9.17, 15) is 0 Å². The minimum atomic E-state index is 0.500. The van der Waals surface area contributed by atoms with E-state index < -0.39 is 0 Å². The second kappa shape index (κ2) is 5.18. The summed E-state index contributed by atoms with van der Waals surface area (Å²) < 4.78 is 2.39. The maximum atomic E-state index is 4.55. The van der Waals surface area contributed by atoms with Gasteiger partial charge in [0.15, 0.2) is 0 Å². The summed E-state index contributed by atoms with van der Waals surface area (Å²) in [7, 11) is 0. The van der Waals surface area contributed by atoms with E-state index in [1.807, 2.05) is 6.20 Å². The van der Waals surface area contributed by atoms with Gasteiger partial charge in [0.25, 0.3) is 0 Å². The van der Waals surface area contributed by atoms with Crippen LogP contribution in [0.3, 0.4) is 0 Å². The molecule has 3 rings (SSSR count). The highest BCUT2D eigenvalue weighted by molar-refractivity contribution is 5.29. The number of anilines is 1. The van der Waals surface area contributed by atoms with Gasteiger partial charge in [0.1, 0.15) is 0 Å². The molecule has 1 unspecified atom stereocenters. The van der Waals surface area contributed by atoms with Crippen LogP contribution in [0.4, 0.5) is 5.95 Å². The van der Waals surface area contributed by atoms with E-state index in [4.69, 9.17) is 0 Å². The average Bonchev–Trinajstić information content (AvgIpc) is 2.98. The quantitative estimate of drug-likeness (QED) is 0.875. The number of nitrogens with zero attached hydrogens (tertiary/aromatic N) is 2. The smallest absolute Gasteiger partial charge is 0.203 e. The van der Waals surface area contributed by atoms with Crippen molar-refractivity contribution >= 4 is 5.95 Å². The molecule has 2 fully saturated rings. The van der Waals surface area contributed by atoms with Gasteiger partial charge >= 0.3 is 0 Å². The summed E-state index contributed by atoms with van der Waals surface area (Å²) in [5.41, 5.74) is 0.500. The highest BCUT2D eigenvalue weighted by atomic mass is 15.2. The Labute approximate surface area is 116 Å². The molecule has 1 N–H and O–H groups in total. The number of aromatic nitrogens is 2. The van der Waals surface area contributed by atoms with Crippen molar-refractivity contribution in [2.24, 2.45) is 5.41 Å². The minimum Gasteiger partial charge on any atom is -0.353 e. The van der Waals surface area contributed by atoms with Crippen molar-refractivity contribution in [1.29, 1.82) is 0 Å². The number of nitrogens with one attached hydrogen (secondary N) is 1. The summed E-state index contributed by atoms with van der Waals surface area (Å²) in [5.74, 6) is 1.11. The van der Waals surface area contributed by atoms with Gasteiger partial charge in [-0.3, -0.25) is 0 Å². The zero-order valence-electron chi connectivity index (χ0n) is 12.4. The minimum absolute atomic E-state index is 0.500. The van der Waals surface area contributed by atoms with Crippen molar-refractivity contribution in [2.75, 3.05) is 5.32 Å². The number of hydrogen-bond acceptors (Lipinski definition) is 2. The van der Waals surface area contributed by atoms with Gasteiger partial charge in [-0.25, -0.2) is 4.98 Å². The summed E-state index contributed by atoms with van der Waals surface area (Å²) in [5, 5.41) is 3.69. The van der Waals surface area contributed by atoms with Crippen LogP contribution < -0.4 is 5.32 Å². The molecule has 1 aromatic rings. The molecular weight excluding hydrogens is 234 g/mol. The molecule has 0 saturated heterocycles. The van der Waals surface area contributed by atoms with Gasteiger partial charge in [0.05, 0.1) is 0 Å². The molecule has 1 heterocycles. The third kappa shape index (κ3) is 2.96. The van der Waals surface area contributed by atoms with E-state index in [0.717, 1.165) is 5.95 Å². The molecular formula is C16H27N3. The Morgan fingerprint density at radius 2 is 2.00 bits per heavy atom. The highest BCUT2D eigenvalue weighted by Crippen LogP contribution is 2.38. The first-order valence-electron chi connectivity index (χ1n) is 7.93. The zero-order chi connectivity index (χ0) is 13.3. The van der Waals surface area contributed by atoms with Gasteiger partial charge in [-0.1, -0.05) is 33.1 Å². The summed E-state index contributed by atoms with van der Waals surface area (Å²) in [6, 6.07) is 1.29. The van der Waals surface area contributed by atoms with Gasteiger partial charge in [-0.15, -0.1) is 0 Å². The van der Waals surface area contributed by atoms with E-state index in [-0.39, 0.29) is 0 Å². The lowest BCUT2D eigenvalue weighted by atomic mass is 9.92. The Bertz CT molecular complexity index is 415. The number of rotatable bonds is 3. The second-order valence-corrected chi connectivity index (χ2v) is 7.20. The topological polar surface area (TPSA) is 29.9 Å². The molecule has 3 heteroatoms. The molecule has 106 valence electrons. The van der Waals surface area contributed by atoms with Gasteiger partial charge in [0, 0.05) is 24.5 Å². The molecule has 1 atom stereocenters. The second-order valence-electron chi connectivity index (χ2n) is 7.20. The Balaban J connectivity index is 1.67. The standard InChI is InChI=1S/C16H27N3/c1-16(2)9-8-13(12-16)18-15-17-10-11-19(15)14-6-4-3-5-7-14/h10-11,13-14H,3-9,12H2,1-2H3,(H,17,18). The van der Waals surface area contributed by atoms with E-state index >= 15 is 0 Å². The van der Waals surface area contributed by atoms with Crippen molar-refractivity contribution in [3.05, 3.63) is 12.4 Å². The molecule has 1 aromatic heterocycles. The van der Waals surface area contributed by atoms with Crippen LogP contribution in [0, 0.1) is 5.41 Å². The van der Waals surface area contributed by atoms with Crippen LogP contribution in [0.5, 0.6) is 0 Å². The Morgan fingerprint density at radius 3 is 2.68 bits per heavy atom. The lowest BCUT2D eigenvalue weighted by molar-refractivity contribution is 0.354. The molecule has 2 aliphatic rings. The van der Waals surface area contributed by atoms with Gasteiger partial charge in [-0.05, 0) is 37.5 Å². The summed E-state index contributed by atoms with van der Waals surface area (Å²) in [4.78, 5) is 4.55. The van der Waals surface area contributed by atoms with Crippen LogP contribution in [-0.2, 0) is 0 Å². The molecule has 0 bridgehead atoms. The molecule has 0 amide bonds. The molecule has 2 saturated carbocycles. The molecule has 19 heavy (non-hydrogen) atoms. The lowest BCUT2D eigenvalue weighted by Crippen LogP contribution is -2.22. The first kappa shape index (κ1) is 13.0. The van der Waals surface area contributed by atoms with Crippen LogP contribution in [0.25, 0.3) is 0 Å². The third-order valence-corrected chi connectivity index (χ3v) is 4.94. The van der Waals surface area contributed by atoms with Gasteiger partial charge in [0.2, 0.25) is 5.95 Å². The van der Waals surface area contributed by atoms with Crippen molar-refractivity contribution in [3.63, 3.8) is 0 Å².